The molecule has 1 aromatic heterocycles. The highest BCUT2D eigenvalue weighted by molar-refractivity contribution is 5.53. The van der Waals surface area contributed by atoms with Gasteiger partial charge in [0.1, 0.15) is 11.5 Å². The van der Waals surface area contributed by atoms with E-state index in [9.17, 15) is 0 Å². The molecule has 0 unspecified atom stereocenters. The van der Waals surface area contributed by atoms with Gasteiger partial charge in [-0.1, -0.05) is 30.3 Å². The van der Waals surface area contributed by atoms with Gasteiger partial charge in [0.15, 0.2) is 0 Å². The summed E-state index contributed by atoms with van der Waals surface area (Å²) < 4.78 is 11.5. The minimum atomic E-state index is 0.162. The van der Waals surface area contributed by atoms with Crippen molar-refractivity contribution in [2.75, 3.05) is 13.2 Å². The van der Waals surface area contributed by atoms with Crippen molar-refractivity contribution < 1.29 is 14.3 Å². The maximum atomic E-state index is 8.92. The number of aliphatic hydroxyl groups excluding tert-OH is 1. The monoisotopic (exact) mass is 323 g/mol. The molecule has 0 saturated heterocycles. The Kier molecular flexibility index (Phi) is 5.29. The molecule has 0 aliphatic heterocycles. The molecule has 3 rings (SSSR count). The molecule has 2 aromatic carbocycles. The van der Waals surface area contributed by atoms with E-state index in [1.807, 2.05) is 61.5 Å². The van der Waals surface area contributed by atoms with Gasteiger partial charge in [-0.3, -0.25) is 0 Å². The molecule has 24 heavy (non-hydrogen) atoms. The zero-order valence-electron chi connectivity index (χ0n) is 13.7. The summed E-state index contributed by atoms with van der Waals surface area (Å²) in [5, 5.41) is 8.92. The van der Waals surface area contributed by atoms with Crippen molar-refractivity contribution in [3.63, 3.8) is 0 Å². The third-order valence-electron chi connectivity index (χ3n) is 3.84. The summed E-state index contributed by atoms with van der Waals surface area (Å²) in [6.45, 7) is 2.63. The van der Waals surface area contributed by atoms with Crippen molar-refractivity contribution in [3.05, 3.63) is 71.6 Å². The van der Waals surface area contributed by atoms with Gasteiger partial charge in [0.2, 0.25) is 5.89 Å². The highest BCUT2D eigenvalue weighted by Crippen LogP contribution is 2.22. The number of rotatable bonds is 7. The Balaban J connectivity index is 1.58. The normalized spacial score (nSPS) is 10.8. The summed E-state index contributed by atoms with van der Waals surface area (Å²) in [4.78, 5) is 4.58. The summed E-state index contributed by atoms with van der Waals surface area (Å²) in [5.41, 5.74) is 3.00. The predicted molar refractivity (Wildman–Crippen MR) is 93.1 cm³/mol. The van der Waals surface area contributed by atoms with Gasteiger partial charge in [0.25, 0.3) is 0 Å². The molecule has 1 N–H and O–H groups in total. The second-order valence-electron chi connectivity index (χ2n) is 5.60. The van der Waals surface area contributed by atoms with Gasteiger partial charge in [0.05, 0.1) is 12.3 Å². The summed E-state index contributed by atoms with van der Waals surface area (Å²) in [6.07, 6.45) is 1.36. The number of aryl methyl sites for hydroxylation is 1. The van der Waals surface area contributed by atoms with Crippen LogP contribution < -0.4 is 4.74 Å². The third kappa shape index (κ3) is 4.03. The van der Waals surface area contributed by atoms with E-state index >= 15 is 0 Å². The maximum Gasteiger partial charge on any atom is 0.226 e. The van der Waals surface area contributed by atoms with Crippen molar-refractivity contribution in [2.45, 2.75) is 19.8 Å². The molecule has 0 aliphatic rings. The lowest BCUT2D eigenvalue weighted by molar-refractivity contribution is 0.299. The van der Waals surface area contributed by atoms with Gasteiger partial charge < -0.3 is 14.3 Å². The SMILES string of the molecule is Cc1oc(-c2ccccc2)nc1CCOc1ccc(CCO)cc1. The summed E-state index contributed by atoms with van der Waals surface area (Å²) in [7, 11) is 0. The number of benzene rings is 2. The topological polar surface area (TPSA) is 55.5 Å². The highest BCUT2D eigenvalue weighted by atomic mass is 16.5. The van der Waals surface area contributed by atoms with Crippen molar-refractivity contribution in [3.8, 4) is 17.2 Å². The van der Waals surface area contributed by atoms with Crippen LogP contribution in [0.2, 0.25) is 0 Å². The highest BCUT2D eigenvalue weighted by Gasteiger charge is 2.11. The minimum Gasteiger partial charge on any atom is -0.493 e. The number of hydrogen-bond acceptors (Lipinski definition) is 4. The molecular weight excluding hydrogens is 302 g/mol. The van der Waals surface area contributed by atoms with Gasteiger partial charge in [-0.25, -0.2) is 4.98 Å². The average Bonchev–Trinajstić information content (AvgIpc) is 2.99. The predicted octanol–water partition coefficient (Wildman–Crippen LogP) is 3.81. The summed E-state index contributed by atoms with van der Waals surface area (Å²) in [6, 6.07) is 17.7. The van der Waals surface area contributed by atoms with Crippen LogP contribution in [0.5, 0.6) is 5.75 Å². The first-order chi connectivity index (χ1) is 11.8. The van der Waals surface area contributed by atoms with Crippen LogP contribution in [0.4, 0.5) is 0 Å². The first-order valence-electron chi connectivity index (χ1n) is 8.10. The smallest absolute Gasteiger partial charge is 0.226 e. The van der Waals surface area contributed by atoms with Crippen molar-refractivity contribution in [1.82, 2.24) is 4.98 Å². The van der Waals surface area contributed by atoms with E-state index in [2.05, 4.69) is 4.98 Å². The quantitative estimate of drug-likeness (QED) is 0.718. The fraction of sp³-hybridized carbons (Fsp3) is 0.250. The molecule has 0 radical (unpaired) electrons. The maximum absolute atomic E-state index is 8.92. The Bertz CT molecular complexity index is 763. The molecule has 124 valence electrons. The van der Waals surface area contributed by atoms with Crippen LogP contribution in [-0.4, -0.2) is 23.3 Å². The van der Waals surface area contributed by atoms with Crippen LogP contribution >= 0.6 is 0 Å². The average molecular weight is 323 g/mol. The molecule has 4 nitrogen and oxygen atoms in total. The number of nitrogens with zero attached hydrogens (tertiary/aromatic N) is 1. The molecule has 0 bridgehead atoms. The Morgan fingerprint density at radius 2 is 1.75 bits per heavy atom. The van der Waals surface area contributed by atoms with Crippen LogP contribution in [0.3, 0.4) is 0 Å². The number of ether oxygens (including phenoxy) is 1. The van der Waals surface area contributed by atoms with Gasteiger partial charge in [-0.2, -0.15) is 0 Å². The Hall–Kier alpha value is -2.59. The molecule has 0 aliphatic carbocycles. The second kappa shape index (κ2) is 7.79. The molecule has 0 amide bonds. The molecule has 4 heteroatoms. The summed E-state index contributed by atoms with van der Waals surface area (Å²) in [5.74, 6) is 2.30. The molecule has 0 spiro atoms. The zero-order valence-corrected chi connectivity index (χ0v) is 13.7. The minimum absolute atomic E-state index is 0.162. The number of hydrogen-bond donors (Lipinski definition) is 1. The molecule has 0 fully saturated rings. The lowest BCUT2D eigenvalue weighted by Gasteiger charge is -2.06. The molecular formula is C20H21NO3. The van der Waals surface area contributed by atoms with Gasteiger partial charge in [0, 0.05) is 18.6 Å². The molecule has 1 heterocycles. The zero-order chi connectivity index (χ0) is 16.8. The number of aliphatic hydroxyl groups is 1. The molecule has 3 aromatic rings. The van der Waals surface area contributed by atoms with E-state index in [0.717, 1.165) is 28.3 Å². The molecule has 0 atom stereocenters. The van der Waals surface area contributed by atoms with E-state index in [1.165, 1.54) is 0 Å². The van der Waals surface area contributed by atoms with E-state index in [-0.39, 0.29) is 6.61 Å². The lowest BCUT2D eigenvalue weighted by Crippen LogP contribution is -2.03. The fourth-order valence-electron chi connectivity index (χ4n) is 2.51. The van der Waals surface area contributed by atoms with E-state index in [0.29, 0.717) is 25.3 Å². The molecule has 0 saturated carbocycles. The first-order valence-corrected chi connectivity index (χ1v) is 8.10. The second-order valence-corrected chi connectivity index (χ2v) is 5.60. The first kappa shape index (κ1) is 16.3. The van der Waals surface area contributed by atoms with E-state index < -0.39 is 0 Å². The number of oxazole rings is 1. The van der Waals surface area contributed by atoms with Crippen LogP contribution in [0.1, 0.15) is 17.0 Å². The standard InChI is InChI=1S/C20H21NO3/c1-15-19(21-20(24-15)17-5-3-2-4-6-17)12-14-23-18-9-7-16(8-10-18)11-13-22/h2-10,22H,11-14H2,1H3. The Morgan fingerprint density at radius 1 is 1.00 bits per heavy atom. The van der Waals surface area contributed by atoms with Gasteiger partial charge >= 0.3 is 0 Å². The third-order valence-corrected chi connectivity index (χ3v) is 3.84. The largest absolute Gasteiger partial charge is 0.493 e. The Labute approximate surface area is 141 Å². The number of aromatic nitrogens is 1. The summed E-state index contributed by atoms with van der Waals surface area (Å²) >= 11 is 0. The van der Waals surface area contributed by atoms with Crippen LogP contribution in [0, 0.1) is 6.92 Å². The van der Waals surface area contributed by atoms with Crippen molar-refractivity contribution in [1.29, 1.82) is 0 Å². The van der Waals surface area contributed by atoms with Crippen LogP contribution in [0.25, 0.3) is 11.5 Å². The van der Waals surface area contributed by atoms with E-state index in [4.69, 9.17) is 14.3 Å². The van der Waals surface area contributed by atoms with Crippen LogP contribution in [0.15, 0.2) is 59.0 Å². The van der Waals surface area contributed by atoms with Crippen molar-refractivity contribution >= 4 is 0 Å². The lowest BCUT2D eigenvalue weighted by atomic mass is 10.1. The van der Waals surface area contributed by atoms with Gasteiger partial charge in [-0.15, -0.1) is 0 Å². The Morgan fingerprint density at radius 3 is 2.46 bits per heavy atom. The van der Waals surface area contributed by atoms with Crippen LogP contribution in [-0.2, 0) is 12.8 Å². The van der Waals surface area contributed by atoms with Crippen molar-refractivity contribution in [2.24, 2.45) is 0 Å². The van der Waals surface area contributed by atoms with Gasteiger partial charge in [-0.05, 0) is 43.2 Å². The fourth-order valence-corrected chi connectivity index (χ4v) is 2.51. The van der Waals surface area contributed by atoms with E-state index in [1.54, 1.807) is 0 Å².